The monoisotopic (exact) mass is 421 g/mol. The van der Waals surface area contributed by atoms with E-state index in [-0.39, 0.29) is 16.7 Å². The predicted molar refractivity (Wildman–Crippen MR) is 109 cm³/mol. The Bertz CT molecular complexity index is 1080. The summed E-state index contributed by atoms with van der Waals surface area (Å²) in [5.74, 6) is 0.940. The van der Waals surface area contributed by atoms with Gasteiger partial charge in [-0.15, -0.1) is 0 Å². The number of oxazole rings is 1. The Labute approximate surface area is 170 Å². The van der Waals surface area contributed by atoms with Gasteiger partial charge in [0.15, 0.2) is 21.5 Å². The average Bonchev–Trinajstić information content (AvgIpc) is 3.21. The molecular weight excluding hydrogens is 398 g/mol. The molecule has 0 bridgehead atoms. The molecule has 150 valence electrons. The first kappa shape index (κ1) is 20.6. The van der Waals surface area contributed by atoms with Crippen molar-refractivity contribution >= 4 is 21.4 Å². The topological polar surface area (TPSA) is 78.0 Å². The Balaban J connectivity index is 1.81. The quantitative estimate of drug-likeness (QED) is 0.608. The van der Waals surface area contributed by atoms with E-state index in [1.807, 2.05) is 13.1 Å². The summed E-state index contributed by atoms with van der Waals surface area (Å²) in [6.07, 6.45) is 1.79. The zero-order valence-corrected chi connectivity index (χ0v) is 18.2. The molecule has 1 atom stereocenters. The molecule has 0 fully saturated rings. The average molecular weight is 422 g/mol. The molecule has 0 saturated heterocycles. The van der Waals surface area contributed by atoms with Gasteiger partial charge in [0.2, 0.25) is 0 Å². The Morgan fingerprint density at radius 1 is 1.21 bits per heavy atom. The molecule has 0 amide bonds. The van der Waals surface area contributed by atoms with Gasteiger partial charge in [-0.25, -0.2) is 13.4 Å². The van der Waals surface area contributed by atoms with Crippen molar-refractivity contribution in [3.63, 3.8) is 0 Å². The summed E-state index contributed by atoms with van der Waals surface area (Å²) in [7, 11) is -1.66. The number of aromatic nitrogens is 3. The van der Waals surface area contributed by atoms with Crippen LogP contribution in [-0.2, 0) is 28.7 Å². The van der Waals surface area contributed by atoms with E-state index in [0.717, 1.165) is 11.4 Å². The predicted octanol–water partition coefficient (Wildman–Crippen LogP) is 4.43. The molecule has 3 rings (SSSR count). The van der Waals surface area contributed by atoms with Gasteiger partial charge in [-0.2, -0.15) is 5.10 Å². The molecule has 0 radical (unpaired) electrons. The van der Waals surface area contributed by atoms with E-state index in [1.165, 1.54) is 12.1 Å². The summed E-state index contributed by atoms with van der Waals surface area (Å²) >= 11 is 5.85. The number of aryl methyl sites for hydroxylation is 1. The largest absolute Gasteiger partial charge is 0.439 e. The number of rotatable bonds is 5. The molecule has 0 saturated carbocycles. The van der Waals surface area contributed by atoms with Crippen molar-refractivity contribution < 1.29 is 12.8 Å². The van der Waals surface area contributed by atoms with E-state index in [9.17, 15) is 8.42 Å². The van der Waals surface area contributed by atoms with Gasteiger partial charge in [0.1, 0.15) is 5.69 Å². The highest BCUT2D eigenvalue weighted by atomic mass is 35.5. The van der Waals surface area contributed by atoms with E-state index in [0.29, 0.717) is 16.7 Å². The highest BCUT2D eigenvalue weighted by Crippen LogP contribution is 2.28. The van der Waals surface area contributed by atoms with Crippen LogP contribution < -0.4 is 0 Å². The molecular formula is C20H24ClN3O3S. The molecule has 0 N–H and O–H groups in total. The number of halogens is 1. The lowest BCUT2D eigenvalue weighted by atomic mass is 9.92. The first-order valence-corrected chi connectivity index (χ1v) is 10.9. The molecule has 2 aromatic heterocycles. The van der Waals surface area contributed by atoms with Gasteiger partial charge in [0.05, 0.1) is 22.0 Å². The third-order valence-corrected chi connectivity index (χ3v) is 7.00. The minimum Gasteiger partial charge on any atom is -0.439 e. The van der Waals surface area contributed by atoms with Crippen LogP contribution in [-0.4, -0.2) is 28.4 Å². The van der Waals surface area contributed by atoms with Crippen LogP contribution >= 0.6 is 11.6 Å². The van der Waals surface area contributed by atoms with E-state index in [1.54, 1.807) is 29.9 Å². The normalized spacial score (nSPS) is 13.6. The van der Waals surface area contributed by atoms with E-state index >= 15 is 0 Å². The van der Waals surface area contributed by atoms with Gasteiger partial charge in [-0.3, -0.25) is 4.68 Å². The zero-order valence-electron chi connectivity index (χ0n) is 16.6. The highest BCUT2D eigenvalue weighted by Gasteiger charge is 2.26. The van der Waals surface area contributed by atoms with Gasteiger partial charge < -0.3 is 4.42 Å². The van der Waals surface area contributed by atoms with Crippen molar-refractivity contribution in [2.75, 3.05) is 0 Å². The molecule has 3 aromatic rings. The maximum absolute atomic E-state index is 12.8. The fourth-order valence-corrected chi connectivity index (χ4v) is 4.27. The first-order valence-electron chi connectivity index (χ1n) is 8.97. The Morgan fingerprint density at radius 2 is 1.86 bits per heavy atom. The van der Waals surface area contributed by atoms with Gasteiger partial charge in [0.25, 0.3) is 0 Å². The fraction of sp³-hybridized carbons (Fsp3) is 0.400. The number of nitrogens with zero attached hydrogens (tertiary/aromatic N) is 3. The SMILES string of the molecule is CC(Cc1ncc(-c2cc(C(C)(C)C)nn2C)o1)S(=O)(=O)c1ccc(Cl)cc1. The summed E-state index contributed by atoms with van der Waals surface area (Å²) in [5.41, 5.74) is 1.67. The number of hydrogen-bond donors (Lipinski definition) is 0. The molecule has 2 heterocycles. The van der Waals surface area contributed by atoms with Crippen LogP contribution in [0.1, 0.15) is 39.3 Å². The van der Waals surface area contributed by atoms with Crippen molar-refractivity contribution in [1.82, 2.24) is 14.8 Å². The van der Waals surface area contributed by atoms with Crippen molar-refractivity contribution in [3.8, 4) is 11.5 Å². The second-order valence-electron chi connectivity index (χ2n) is 7.92. The highest BCUT2D eigenvalue weighted by molar-refractivity contribution is 7.92. The fourth-order valence-electron chi connectivity index (χ4n) is 2.80. The molecule has 8 heteroatoms. The van der Waals surface area contributed by atoms with Crippen molar-refractivity contribution in [2.24, 2.45) is 7.05 Å². The van der Waals surface area contributed by atoms with Gasteiger partial charge >= 0.3 is 0 Å². The molecule has 6 nitrogen and oxygen atoms in total. The second kappa shape index (κ2) is 7.37. The molecule has 1 aromatic carbocycles. The Hall–Kier alpha value is -2.12. The van der Waals surface area contributed by atoms with Gasteiger partial charge in [-0.05, 0) is 37.3 Å². The lowest BCUT2D eigenvalue weighted by Gasteiger charge is -2.13. The molecule has 0 spiro atoms. The summed E-state index contributed by atoms with van der Waals surface area (Å²) in [5, 5.41) is 4.35. The number of hydrogen-bond acceptors (Lipinski definition) is 5. The van der Waals surface area contributed by atoms with Crippen molar-refractivity contribution in [3.05, 3.63) is 53.1 Å². The van der Waals surface area contributed by atoms with Gasteiger partial charge in [-0.1, -0.05) is 32.4 Å². The summed E-state index contributed by atoms with van der Waals surface area (Å²) < 4.78 is 33.1. The van der Waals surface area contributed by atoms with Crippen LogP contribution in [0, 0.1) is 0 Å². The van der Waals surface area contributed by atoms with Crippen LogP contribution in [0.2, 0.25) is 5.02 Å². The Morgan fingerprint density at radius 3 is 2.43 bits per heavy atom. The molecule has 28 heavy (non-hydrogen) atoms. The molecule has 0 aliphatic heterocycles. The maximum atomic E-state index is 12.8. The van der Waals surface area contributed by atoms with E-state index < -0.39 is 15.1 Å². The number of sulfone groups is 1. The van der Waals surface area contributed by atoms with Crippen molar-refractivity contribution in [1.29, 1.82) is 0 Å². The standard InChI is InChI=1S/C20H24ClN3O3S/c1-13(28(25,26)15-8-6-14(21)7-9-15)10-19-22-12-17(27-19)16-11-18(20(2,3)4)23-24(16)5/h6-9,11-13H,10H2,1-5H3. The number of benzene rings is 1. The molecule has 0 aliphatic rings. The smallest absolute Gasteiger partial charge is 0.196 e. The molecule has 0 aliphatic carbocycles. The van der Waals surface area contributed by atoms with Gasteiger partial charge in [0, 0.05) is 23.9 Å². The summed E-state index contributed by atoms with van der Waals surface area (Å²) in [4.78, 5) is 4.51. The third kappa shape index (κ3) is 4.15. The zero-order chi connectivity index (χ0) is 20.7. The van der Waals surface area contributed by atoms with E-state index in [2.05, 4.69) is 30.9 Å². The second-order valence-corrected chi connectivity index (χ2v) is 10.7. The lowest BCUT2D eigenvalue weighted by molar-refractivity contribution is 0.493. The maximum Gasteiger partial charge on any atom is 0.196 e. The van der Waals surface area contributed by atoms with Crippen LogP contribution in [0.4, 0.5) is 0 Å². The molecule has 1 unspecified atom stereocenters. The van der Waals surface area contributed by atoms with Crippen LogP contribution in [0.15, 0.2) is 45.8 Å². The van der Waals surface area contributed by atoms with E-state index in [4.69, 9.17) is 16.0 Å². The van der Waals surface area contributed by atoms with Crippen LogP contribution in [0.3, 0.4) is 0 Å². The third-order valence-electron chi connectivity index (χ3n) is 4.59. The minimum absolute atomic E-state index is 0.0833. The summed E-state index contributed by atoms with van der Waals surface area (Å²) in [6.45, 7) is 7.92. The van der Waals surface area contributed by atoms with Crippen LogP contribution in [0.5, 0.6) is 0 Å². The lowest BCUT2D eigenvalue weighted by Crippen LogP contribution is -2.20. The Kier molecular flexibility index (Phi) is 5.42. The first-order chi connectivity index (χ1) is 13.0. The van der Waals surface area contributed by atoms with Crippen LogP contribution in [0.25, 0.3) is 11.5 Å². The van der Waals surface area contributed by atoms with Crippen molar-refractivity contribution in [2.45, 2.75) is 49.7 Å². The minimum atomic E-state index is -3.51. The summed E-state index contributed by atoms with van der Waals surface area (Å²) in [6, 6.07) is 8.13.